The molecule has 1 saturated heterocycles. The van der Waals surface area contributed by atoms with Crippen molar-refractivity contribution in [2.45, 2.75) is 13.0 Å². The molecule has 1 aliphatic heterocycles. The van der Waals surface area contributed by atoms with E-state index in [2.05, 4.69) is 4.98 Å². The lowest BCUT2D eigenvalue weighted by Gasteiger charge is -2.34. The van der Waals surface area contributed by atoms with Gasteiger partial charge < -0.3 is 9.64 Å². The number of nitrogens with zero attached hydrogens (tertiary/aromatic N) is 5. The van der Waals surface area contributed by atoms with Crippen molar-refractivity contribution >= 4 is 17.2 Å². The summed E-state index contributed by atoms with van der Waals surface area (Å²) in [6, 6.07) is 1.94. The van der Waals surface area contributed by atoms with E-state index < -0.39 is 11.2 Å². The van der Waals surface area contributed by atoms with E-state index in [9.17, 15) is 14.9 Å². The van der Waals surface area contributed by atoms with Gasteiger partial charge >= 0.3 is 5.69 Å². The van der Waals surface area contributed by atoms with Crippen LogP contribution in [0.1, 0.15) is 22.4 Å². The normalized spacial score (nSPS) is 17.8. The average Bonchev–Trinajstić information content (AvgIpc) is 3.02. The third kappa shape index (κ3) is 2.64. The van der Waals surface area contributed by atoms with Crippen LogP contribution < -0.4 is 16.1 Å². The Morgan fingerprint density at radius 3 is 2.75 bits per heavy atom. The maximum atomic E-state index is 12.3. The summed E-state index contributed by atoms with van der Waals surface area (Å²) in [6.07, 6.45) is -0.247. The number of morpholine rings is 1. The molecular formula is C15H17N5O3S. The van der Waals surface area contributed by atoms with Crippen molar-refractivity contribution in [1.29, 1.82) is 5.26 Å². The Bertz CT molecular complexity index is 936. The summed E-state index contributed by atoms with van der Waals surface area (Å²) in [5.41, 5.74) is -0.143. The van der Waals surface area contributed by atoms with Crippen LogP contribution in [0, 0.1) is 18.3 Å². The Kier molecular flexibility index (Phi) is 4.26. The minimum absolute atomic E-state index is 0.0319. The predicted molar refractivity (Wildman–Crippen MR) is 89.4 cm³/mol. The molecule has 2 aromatic rings. The first-order valence-corrected chi connectivity index (χ1v) is 8.30. The van der Waals surface area contributed by atoms with Crippen molar-refractivity contribution in [3.63, 3.8) is 0 Å². The Morgan fingerprint density at radius 1 is 1.38 bits per heavy atom. The van der Waals surface area contributed by atoms with Crippen LogP contribution in [0.2, 0.25) is 0 Å². The second-order valence-corrected chi connectivity index (χ2v) is 6.54. The fourth-order valence-electron chi connectivity index (χ4n) is 2.81. The van der Waals surface area contributed by atoms with Gasteiger partial charge in [-0.05, 0) is 6.92 Å². The standard InChI is InChI=1S/C15H17N5O3S/c1-9-8-24-12(17-9)11-7-20(4-5-23-11)13-10(6-16)14(21)19(3)15(22)18(13)2/h8,11H,4-5,7H2,1-3H3/t11-/m1/s1. The van der Waals surface area contributed by atoms with Gasteiger partial charge in [0.05, 0.1) is 13.2 Å². The van der Waals surface area contributed by atoms with E-state index in [-0.39, 0.29) is 11.7 Å². The van der Waals surface area contributed by atoms with E-state index in [1.165, 1.54) is 23.0 Å². The van der Waals surface area contributed by atoms with E-state index in [4.69, 9.17) is 4.74 Å². The van der Waals surface area contributed by atoms with E-state index in [0.29, 0.717) is 25.5 Å². The average molecular weight is 347 g/mol. The first-order valence-electron chi connectivity index (χ1n) is 7.42. The highest BCUT2D eigenvalue weighted by Gasteiger charge is 2.29. The zero-order valence-electron chi connectivity index (χ0n) is 13.6. The molecule has 0 radical (unpaired) electrons. The van der Waals surface area contributed by atoms with Crippen molar-refractivity contribution in [2.24, 2.45) is 14.1 Å². The van der Waals surface area contributed by atoms with Gasteiger partial charge in [-0.1, -0.05) is 0 Å². The van der Waals surface area contributed by atoms with Gasteiger partial charge in [-0.15, -0.1) is 11.3 Å². The van der Waals surface area contributed by atoms with Gasteiger partial charge in [0, 0.05) is 31.7 Å². The maximum Gasteiger partial charge on any atom is 0.332 e. The van der Waals surface area contributed by atoms with Gasteiger partial charge in [0.25, 0.3) is 5.56 Å². The molecular weight excluding hydrogens is 330 g/mol. The van der Waals surface area contributed by atoms with Crippen LogP contribution in [-0.4, -0.2) is 33.8 Å². The lowest BCUT2D eigenvalue weighted by Crippen LogP contribution is -2.46. The van der Waals surface area contributed by atoms with E-state index in [0.717, 1.165) is 15.3 Å². The lowest BCUT2D eigenvalue weighted by atomic mass is 10.2. The molecule has 0 bridgehead atoms. The largest absolute Gasteiger partial charge is 0.367 e. The van der Waals surface area contributed by atoms with Crippen molar-refractivity contribution in [3.05, 3.63) is 42.5 Å². The molecule has 0 aromatic carbocycles. The lowest BCUT2D eigenvalue weighted by molar-refractivity contribution is 0.0390. The molecule has 3 rings (SSSR count). The molecule has 1 aliphatic rings. The van der Waals surface area contributed by atoms with Crippen LogP contribution in [0.4, 0.5) is 5.82 Å². The Morgan fingerprint density at radius 2 is 2.12 bits per heavy atom. The number of anilines is 1. The number of ether oxygens (including phenoxy) is 1. The molecule has 0 saturated carbocycles. The first kappa shape index (κ1) is 16.4. The number of nitriles is 1. The third-order valence-electron chi connectivity index (χ3n) is 4.02. The summed E-state index contributed by atoms with van der Waals surface area (Å²) in [6.45, 7) is 3.27. The minimum atomic E-state index is -0.580. The van der Waals surface area contributed by atoms with Crippen LogP contribution >= 0.6 is 11.3 Å². The van der Waals surface area contributed by atoms with Gasteiger partial charge in [-0.25, -0.2) is 9.78 Å². The number of aromatic nitrogens is 3. The number of hydrogen-bond donors (Lipinski definition) is 0. The summed E-state index contributed by atoms with van der Waals surface area (Å²) in [5, 5.41) is 12.2. The van der Waals surface area contributed by atoms with Crippen LogP contribution in [0.25, 0.3) is 0 Å². The maximum absolute atomic E-state index is 12.3. The summed E-state index contributed by atoms with van der Waals surface area (Å²) in [5.74, 6) is 0.340. The molecule has 8 nitrogen and oxygen atoms in total. The molecule has 3 heterocycles. The third-order valence-corrected chi connectivity index (χ3v) is 5.08. The topological polar surface area (TPSA) is 93.2 Å². The number of aryl methyl sites for hydroxylation is 1. The zero-order valence-corrected chi connectivity index (χ0v) is 14.5. The monoisotopic (exact) mass is 347 g/mol. The molecule has 126 valence electrons. The molecule has 1 atom stereocenters. The van der Waals surface area contributed by atoms with Crippen LogP contribution in [0.3, 0.4) is 0 Å². The number of rotatable bonds is 2. The summed E-state index contributed by atoms with van der Waals surface area (Å²) < 4.78 is 8.07. The van der Waals surface area contributed by atoms with Crippen molar-refractivity contribution < 1.29 is 4.74 Å². The van der Waals surface area contributed by atoms with Crippen molar-refractivity contribution in [1.82, 2.24) is 14.1 Å². The fraction of sp³-hybridized carbons (Fsp3) is 0.467. The molecule has 0 aliphatic carbocycles. The van der Waals surface area contributed by atoms with E-state index in [1.807, 2.05) is 23.3 Å². The summed E-state index contributed by atoms with van der Waals surface area (Å²) in [7, 11) is 2.94. The molecule has 0 N–H and O–H groups in total. The van der Waals surface area contributed by atoms with Gasteiger partial charge in [-0.3, -0.25) is 13.9 Å². The highest BCUT2D eigenvalue weighted by Crippen LogP contribution is 2.28. The fourth-order valence-corrected chi connectivity index (χ4v) is 3.65. The van der Waals surface area contributed by atoms with Gasteiger partial charge in [0.2, 0.25) is 0 Å². The number of thiazole rings is 1. The highest BCUT2D eigenvalue weighted by atomic mass is 32.1. The first-order chi connectivity index (χ1) is 11.4. The molecule has 24 heavy (non-hydrogen) atoms. The summed E-state index contributed by atoms with van der Waals surface area (Å²) in [4.78, 5) is 30.8. The second kappa shape index (κ2) is 6.22. The van der Waals surface area contributed by atoms with Crippen molar-refractivity contribution in [2.75, 3.05) is 24.6 Å². The SMILES string of the molecule is Cc1csc([C@H]2CN(c3c(C#N)c(=O)n(C)c(=O)n3C)CCO2)n1. The second-order valence-electron chi connectivity index (χ2n) is 5.65. The molecule has 1 fully saturated rings. The van der Waals surface area contributed by atoms with E-state index in [1.54, 1.807) is 7.05 Å². The van der Waals surface area contributed by atoms with Gasteiger partial charge in [0.1, 0.15) is 23.0 Å². The molecule has 2 aromatic heterocycles. The Hall–Kier alpha value is -2.44. The minimum Gasteiger partial charge on any atom is -0.367 e. The van der Waals surface area contributed by atoms with Crippen LogP contribution in [0.15, 0.2) is 15.0 Å². The smallest absolute Gasteiger partial charge is 0.332 e. The Balaban J connectivity index is 2.05. The highest BCUT2D eigenvalue weighted by molar-refractivity contribution is 7.09. The van der Waals surface area contributed by atoms with Gasteiger partial charge in [-0.2, -0.15) is 5.26 Å². The molecule has 0 spiro atoms. The molecule has 0 amide bonds. The predicted octanol–water partition coefficient (Wildman–Crippen LogP) is 0.298. The zero-order chi connectivity index (χ0) is 17.4. The molecule has 9 heteroatoms. The molecule has 0 unspecified atom stereocenters. The van der Waals surface area contributed by atoms with Crippen LogP contribution in [0.5, 0.6) is 0 Å². The quantitative estimate of drug-likeness (QED) is 0.776. The number of hydrogen-bond acceptors (Lipinski definition) is 7. The van der Waals surface area contributed by atoms with Crippen molar-refractivity contribution in [3.8, 4) is 6.07 Å². The summed E-state index contributed by atoms with van der Waals surface area (Å²) >= 11 is 1.51. The Labute approximate surface area is 142 Å². The van der Waals surface area contributed by atoms with Gasteiger partial charge in [0.15, 0.2) is 5.56 Å². The van der Waals surface area contributed by atoms with E-state index >= 15 is 0 Å². The van der Waals surface area contributed by atoms with Crippen LogP contribution in [-0.2, 0) is 18.8 Å².